The summed E-state index contributed by atoms with van der Waals surface area (Å²) in [6, 6.07) is 12.4. The zero-order valence-corrected chi connectivity index (χ0v) is 32.4. The number of fused-ring (bicyclic) bond motifs is 1. The Kier molecular flexibility index (Phi) is 10.6. The highest BCUT2D eigenvalue weighted by Gasteiger charge is 2.48. The summed E-state index contributed by atoms with van der Waals surface area (Å²) in [5.74, 6) is -2.21. The Balaban J connectivity index is 1.68. The van der Waals surface area contributed by atoms with E-state index in [2.05, 4.69) is 58.2 Å². The minimum Gasteiger partial charge on any atom is -0.458 e. The van der Waals surface area contributed by atoms with Crippen LogP contribution in [0.5, 0.6) is 0 Å². The number of nitrogen functional groups attached to an aromatic ring is 1. The third-order valence-electron chi connectivity index (χ3n) is 9.52. The van der Waals surface area contributed by atoms with Gasteiger partial charge in [0, 0.05) is 17.4 Å². The number of benzene rings is 2. The predicted octanol–water partition coefficient (Wildman–Crippen LogP) is 8.20. The molecule has 11 nitrogen and oxygen atoms in total. The molecule has 1 fully saturated rings. The van der Waals surface area contributed by atoms with E-state index in [9.17, 15) is 22.8 Å². The molecule has 2 aromatic heterocycles. The number of H-pyrrole nitrogens is 1. The van der Waals surface area contributed by atoms with Crippen molar-refractivity contribution in [2.45, 2.75) is 67.4 Å². The molecule has 5 rings (SSSR count). The number of hydrogen-bond acceptors (Lipinski definition) is 7. The number of hydrogen-bond donors (Lipinski definition) is 4. The number of para-hydroxylation sites is 1. The summed E-state index contributed by atoms with van der Waals surface area (Å²) in [5.41, 5.74) is 4.30. The van der Waals surface area contributed by atoms with Crippen molar-refractivity contribution >= 4 is 74.0 Å². The lowest BCUT2D eigenvalue weighted by Gasteiger charge is -2.50. The second-order valence-corrected chi connectivity index (χ2v) is 18.0. The molecule has 1 aliphatic rings. The van der Waals surface area contributed by atoms with Gasteiger partial charge in [-0.3, -0.25) is 14.3 Å². The van der Waals surface area contributed by atoms with Crippen LogP contribution >= 0.6 is 34.8 Å². The lowest BCUT2D eigenvalue weighted by molar-refractivity contribution is -0.0922. The number of carbonyl (C=O) groups is 2. The van der Waals surface area contributed by atoms with Crippen molar-refractivity contribution in [2.75, 3.05) is 10.5 Å². The Morgan fingerprint density at radius 2 is 1.51 bits per heavy atom. The summed E-state index contributed by atoms with van der Waals surface area (Å²) in [6.45, 7) is 15.0. The summed E-state index contributed by atoms with van der Waals surface area (Å²) in [7, 11) is -4.50. The van der Waals surface area contributed by atoms with Crippen molar-refractivity contribution in [1.29, 1.82) is 0 Å². The molecule has 5 N–H and O–H groups in total. The Labute approximate surface area is 312 Å². The molecule has 2 unspecified atom stereocenters. The Bertz CT molecular complexity index is 2150. The Morgan fingerprint density at radius 3 is 2.06 bits per heavy atom. The van der Waals surface area contributed by atoms with Crippen LogP contribution in [0.1, 0.15) is 82.0 Å². The first-order valence-electron chi connectivity index (χ1n) is 16.4. The fraction of sp³-hybridized carbons (Fsp3) is 0.417. The van der Waals surface area contributed by atoms with E-state index in [-0.39, 0.29) is 60.3 Å². The first-order chi connectivity index (χ1) is 23.6. The highest BCUT2D eigenvalue weighted by atomic mass is 35.5. The van der Waals surface area contributed by atoms with E-state index in [1.54, 1.807) is 24.3 Å². The molecule has 0 saturated heterocycles. The van der Waals surface area contributed by atoms with E-state index in [0.29, 0.717) is 11.5 Å². The highest BCUT2D eigenvalue weighted by Crippen LogP contribution is 2.50. The summed E-state index contributed by atoms with van der Waals surface area (Å²) < 4.78 is 37.1. The van der Waals surface area contributed by atoms with Gasteiger partial charge in [0.05, 0.1) is 15.7 Å². The van der Waals surface area contributed by atoms with E-state index in [1.807, 2.05) is 4.72 Å². The Morgan fingerprint density at radius 1 is 0.922 bits per heavy atom. The molecule has 0 radical (unpaired) electrons. The molecular formula is C36H42Cl3N5O6S. The minimum absolute atomic E-state index is 0.00179. The number of aromatic amines is 1. The van der Waals surface area contributed by atoms with Crippen molar-refractivity contribution < 1.29 is 22.7 Å². The van der Waals surface area contributed by atoms with Crippen molar-refractivity contribution in [2.24, 2.45) is 28.6 Å². The van der Waals surface area contributed by atoms with Gasteiger partial charge in [-0.25, -0.2) is 13.9 Å². The molecule has 0 aliphatic heterocycles. The van der Waals surface area contributed by atoms with E-state index in [0.717, 1.165) is 17.2 Å². The van der Waals surface area contributed by atoms with Gasteiger partial charge >= 0.3 is 16.2 Å². The van der Waals surface area contributed by atoms with Gasteiger partial charge < -0.3 is 15.5 Å². The smallest absolute Gasteiger partial charge is 0.342 e. The fourth-order valence-electron chi connectivity index (χ4n) is 7.01. The van der Waals surface area contributed by atoms with Gasteiger partial charge in [0.2, 0.25) is 0 Å². The summed E-state index contributed by atoms with van der Waals surface area (Å²) in [5, 5.41) is 0.128. The van der Waals surface area contributed by atoms with Gasteiger partial charge in [-0.1, -0.05) is 108 Å². The molecule has 51 heavy (non-hydrogen) atoms. The number of nitrogens with two attached hydrogens (primary N) is 1. The average Bonchev–Trinajstić information content (AvgIpc) is 3.29. The van der Waals surface area contributed by atoms with E-state index >= 15 is 0 Å². The maximum absolute atomic E-state index is 14.6. The molecule has 2 heterocycles. The molecule has 0 bridgehead atoms. The molecular weight excluding hydrogens is 737 g/mol. The van der Waals surface area contributed by atoms with Gasteiger partial charge in [-0.2, -0.15) is 8.42 Å². The number of esters is 1. The largest absolute Gasteiger partial charge is 0.458 e. The van der Waals surface area contributed by atoms with Crippen LogP contribution in [0.2, 0.25) is 15.2 Å². The van der Waals surface area contributed by atoms with Gasteiger partial charge in [0.1, 0.15) is 33.8 Å². The van der Waals surface area contributed by atoms with Crippen LogP contribution in [0, 0.1) is 28.6 Å². The molecule has 0 spiro atoms. The Hall–Kier alpha value is -3.71. The minimum atomic E-state index is -4.50. The molecule has 1 aliphatic carbocycles. The molecule has 15 heteroatoms. The van der Waals surface area contributed by atoms with Crippen molar-refractivity contribution in [3.05, 3.63) is 85.2 Å². The van der Waals surface area contributed by atoms with Crippen LogP contribution in [-0.2, 0) is 14.9 Å². The number of ether oxygens (including phenoxy) is 1. The number of nitrogens with zero attached hydrogens (tertiary/aromatic N) is 1. The third kappa shape index (κ3) is 7.89. The zero-order valence-electron chi connectivity index (χ0n) is 29.4. The molecule has 4 aromatic rings. The van der Waals surface area contributed by atoms with Crippen LogP contribution in [0.15, 0.2) is 53.3 Å². The van der Waals surface area contributed by atoms with Crippen LogP contribution in [0.4, 0.5) is 11.5 Å². The van der Waals surface area contributed by atoms with E-state index in [1.165, 1.54) is 24.3 Å². The molecule has 2 atom stereocenters. The predicted molar refractivity (Wildman–Crippen MR) is 203 cm³/mol. The highest BCUT2D eigenvalue weighted by molar-refractivity contribution is 7.91. The molecule has 2 aromatic carbocycles. The number of amides is 1. The topological polar surface area (TPSA) is 165 Å². The van der Waals surface area contributed by atoms with E-state index in [4.69, 9.17) is 45.3 Å². The van der Waals surface area contributed by atoms with Crippen molar-refractivity contribution in [3.63, 3.8) is 0 Å². The van der Waals surface area contributed by atoms with Gasteiger partial charge in [-0.15, -0.1) is 0 Å². The molecule has 1 saturated carbocycles. The first-order valence-corrected chi connectivity index (χ1v) is 19.0. The van der Waals surface area contributed by atoms with Crippen molar-refractivity contribution in [1.82, 2.24) is 14.1 Å². The molecule has 274 valence electrons. The quantitative estimate of drug-likeness (QED) is 0.137. The normalized spacial score (nSPS) is 19.9. The first kappa shape index (κ1) is 38.5. The maximum Gasteiger partial charge on any atom is 0.342 e. The summed E-state index contributed by atoms with van der Waals surface area (Å²) in [6.07, 6.45) is 1.19. The molecule has 1 amide bonds. The SMILES string of the molecule is CC1CC(C(C)(C)C)C(OC(=O)c2c(-c3ccc(Cl)c(Cl)c3)c(Cl)n3c(=O)c(C(=O)NS(=O)(=O)Nc4ccccc4)c(N)[nH]c23)C(C(C)(C)C)C1. The third-order valence-corrected chi connectivity index (χ3v) is 11.6. The lowest BCUT2D eigenvalue weighted by atomic mass is 9.59. The standard InChI is InChI=1S/C36H42Cl3N5O6S/c1-18-15-21(35(2,3)4)28(22(16-18)36(5,6)7)50-34(47)26-25(19-13-14-23(37)24(38)17-19)29(39)44-31(26)41-30(40)27(33(44)46)32(45)43-51(48,49)42-20-11-9-8-10-12-20/h8-14,17-18,21-22,28,41-42H,15-16,40H2,1-7H3,(H,43,45). The number of halogens is 3. The lowest BCUT2D eigenvalue weighted by Crippen LogP contribution is -2.49. The van der Waals surface area contributed by atoms with Gasteiger partial charge in [0.15, 0.2) is 0 Å². The number of anilines is 2. The van der Waals surface area contributed by atoms with Crippen LogP contribution < -0.4 is 20.7 Å². The van der Waals surface area contributed by atoms with Crippen LogP contribution in [0.25, 0.3) is 16.8 Å². The van der Waals surface area contributed by atoms with E-state index < -0.39 is 45.1 Å². The average molecular weight is 779 g/mol. The number of aromatic nitrogens is 2. The maximum atomic E-state index is 14.6. The second kappa shape index (κ2) is 14.0. The summed E-state index contributed by atoms with van der Waals surface area (Å²) >= 11 is 19.5. The van der Waals surface area contributed by atoms with Crippen LogP contribution in [0.3, 0.4) is 0 Å². The van der Waals surface area contributed by atoms with Gasteiger partial charge in [-0.05, 0) is 59.4 Å². The second-order valence-electron chi connectivity index (χ2n) is 15.4. The van der Waals surface area contributed by atoms with Crippen molar-refractivity contribution in [3.8, 4) is 11.1 Å². The monoisotopic (exact) mass is 777 g/mol. The van der Waals surface area contributed by atoms with Crippen LogP contribution in [-0.4, -0.2) is 35.8 Å². The summed E-state index contributed by atoms with van der Waals surface area (Å²) in [4.78, 5) is 44.9. The number of nitrogens with one attached hydrogen (secondary N) is 3. The number of carbonyl (C=O) groups excluding carboxylic acids is 2. The fourth-order valence-corrected chi connectivity index (χ4v) is 8.52. The number of rotatable bonds is 7. The van der Waals surface area contributed by atoms with Gasteiger partial charge in [0.25, 0.3) is 11.5 Å². The zero-order chi connectivity index (χ0) is 37.8.